The number of aromatic nitrogens is 1. The van der Waals surface area contributed by atoms with Crippen molar-refractivity contribution >= 4 is 16.8 Å². The van der Waals surface area contributed by atoms with Crippen molar-refractivity contribution in [3.63, 3.8) is 0 Å². The molecule has 0 atom stereocenters. The molecule has 2 aromatic carbocycles. The molecule has 1 aromatic heterocycles. The standard InChI is InChI=1S/C22H26N2O2/c1-15-6-5-7-16(10-15)11-21(25)24-14-22(2,3)19-13-23-20-9-8-17(26-4)12-18(19)20/h5-10,12-13,23H,11,14H2,1-4H3,(H,24,25). The molecule has 1 heterocycles. The van der Waals surface area contributed by atoms with E-state index in [1.54, 1.807) is 7.11 Å². The van der Waals surface area contributed by atoms with Crippen molar-refractivity contribution in [3.8, 4) is 5.75 Å². The zero-order valence-electron chi connectivity index (χ0n) is 15.8. The Bertz CT molecular complexity index is 925. The van der Waals surface area contributed by atoms with Crippen molar-refractivity contribution in [3.05, 3.63) is 65.4 Å². The number of carbonyl (C=O) groups is 1. The second-order valence-electron chi connectivity index (χ2n) is 7.44. The Labute approximate surface area is 154 Å². The Morgan fingerprint density at radius 2 is 2.00 bits per heavy atom. The number of amides is 1. The van der Waals surface area contributed by atoms with Crippen LogP contribution in [0.15, 0.2) is 48.7 Å². The lowest BCUT2D eigenvalue weighted by atomic mass is 9.84. The van der Waals surface area contributed by atoms with E-state index < -0.39 is 0 Å². The average Bonchev–Trinajstić information content (AvgIpc) is 3.04. The van der Waals surface area contributed by atoms with Crippen LogP contribution in [-0.2, 0) is 16.6 Å². The number of H-pyrrole nitrogens is 1. The molecule has 0 aliphatic carbocycles. The largest absolute Gasteiger partial charge is 0.497 e. The summed E-state index contributed by atoms with van der Waals surface area (Å²) in [5, 5.41) is 4.22. The van der Waals surface area contributed by atoms with Crippen molar-refractivity contribution in [1.29, 1.82) is 0 Å². The van der Waals surface area contributed by atoms with Crippen LogP contribution < -0.4 is 10.1 Å². The molecule has 1 amide bonds. The number of hydrogen-bond acceptors (Lipinski definition) is 2. The number of hydrogen-bond donors (Lipinski definition) is 2. The van der Waals surface area contributed by atoms with Gasteiger partial charge in [-0.25, -0.2) is 0 Å². The maximum atomic E-state index is 12.4. The summed E-state index contributed by atoms with van der Waals surface area (Å²) in [4.78, 5) is 15.7. The van der Waals surface area contributed by atoms with E-state index in [1.807, 2.05) is 49.5 Å². The van der Waals surface area contributed by atoms with Crippen LogP contribution >= 0.6 is 0 Å². The van der Waals surface area contributed by atoms with Crippen LogP contribution in [0.4, 0.5) is 0 Å². The normalized spacial score (nSPS) is 11.5. The number of benzene rings is 2. The minimum atomic E-state index is -0.202. The number of carbonyl (C=O) groups excluding carboxylic acids is 1. The average molecular weight is 350 g/mol. The highest BCUT2D eigenvalue weighted by Gasteiger charge is 2.25. The van der Waals surface area contributed by atoms with Gasteiger partial charge in [0.05, 0.1) is 13.5 Å². The maximum absolute atomic E-state index is 12.4. The first-order valence-corrected chi connectivity index (χ1v) is 8.87. The Morgan fingerprint density at radius 3 is 2.73 bits per heavy atom. The van der Waals surface area contributed by atoms with Gasteiger partial charge in [-0.1, -0.05) is 43.7 Å². The van der Waals surface area contributed by atoms with Crippen LogP contribution in [0.3, 0.4) is 0 Å². The SMILES string of the molecule is COc1ccc2[nH]cc(C(C)(C)CNC(=O)Cc3cccc(C)c3)c2c1. The molecule has 0 unspecified atom stereocenters. The number of aryl methyl sites for hydroxylation is 1. The van der Waals surface area contributed by atoms with E-state index >= 15 is 0 Å². The van der Waals surface area contributed by atoms with Crippen molar-refractivity contribution < 1.29 is 9.53 Å². The fourth-order valence-electron chi connectivity index (χ4n) is 3.27. The smallest absolute Gasteiger partial charge is 0.224 e. The number of fused-ring (bicyclic) bond motifs is 1. The van der Waals surface area contributed by atoms with Gasteiger partial charge in [0.1, 0.15) is 5.75 Å². The van der Waals surface area contributed by atoms with E-state index in [0.717, 1.165) is 22.2 Å². The third-order valence-corrected chi connectivity index (χ3v) is 4.79. The summed E-state index contributed by atoms with van der Waals surface area (Å²) in [6.07, 6.45) is 2.43. The zero-order valence-corrected chi connectivity index (χ0v) is 15.8. The van der Waals surface area contributed by atoms with Crippen LogP contribution in [0.25, 0.3) is 10.9 Å². The van der Waals surface area contributed by atoms with Crippen molar-refractivity contribution in [2.75, 3.05) is 13.7 Å². The van der Waals surface area contributed by atoms with Crippen LogP contribution in [0.5, 0.6) is 5.75 Å². The van der Waals surface area contributed by atoms with E-state index in [2.05, 4.69) is 30.2 Å². The lowest BCUT2D eigenvalue weighted by Gasteiger charge is -2.25. The van der Waals surface area contributed by atoms with Gasteiger partial charge in [0, 0.05) is 29.1 Å². The highest BCUT2D eigenvalue weighted by Crippen LogP contribution is 2.32. The van der Waals surface area contributed by atoms with Crippen LogP contribution in [0, 0.1) is 6.92 Å². The Morgan fingerprint density at radius 1 is 1.19 bits per heavy atom. The van der Waals surface area contributed by atoms with Crippen molar-refractivity contribution in [2.24, 2.45) is 0 Å². The molecule has 4 heteroatoms. The molecule has 0 aliphatic rings. The van der Waals surface area contributed by atoms with Gasteiger partial charge >= 0.3 is 0 Å². The molecule has 0 radical (unpaired) electrons. The topological polar surface area (TPSA) is 54.1 Å². The van der Waals surface area contributed by atoms with Gasteiger partial charge in [0.15, 0.2) is 0 Å². The molecule has 136 valence electrons. The second kappa shape index (κ2) is 7.24. The van der Waals surface area contributed by atoms with E-state index in [-0.39, 0.29) is 11.3 Å². The summed E-state index contributed by atoms with van der Waals surface area (Å²) in [5.74, 6) is 0.874. The molecule has 26 heavy (non-hydrogen) atoms. The molecule has 0 aliphatic heterocycles. The molecule has 0 spiro atoms. The van der Waals surface area contributed by atoms with Gasteiger partial charge in [-0.2, -0.15) is 0 Å². The minimum Gasteiger partial charge on any atom is -0.497 e. The molecule has 2 N–H and O–H groups in total. The molecule has 3 rings (SSSR count). The minimum absolute atomic E-state index is 0.0427. The van der Waals surface area contributed by atoms with Gasteiger partial charge < -0.3 is 15.0 Å². The Balaban J connectivity index is 1.71. The second-order valence-corrected chi connectivity index (χ2v) is 7.44. The van der Waals surface area contributed by atoms with Crippen molar-refractivity contribution in [2.45, 2.75) is 32.6 Å². The van der Waals surface area contributed by atoms with Crippen LogP contribution in [0.2, 0.25) is 0 Å². The fraction of sp³-hybridized carbons (Fsp3) is 0.318. The Kier molecular flexibility index (Phi) is 5.03. The molecule has 4 nitrogen and oxygen atoms in total. The van der Waals surface area contributed by atoms with E-state index in [1.165, 1.54) is 11.1 Å². The number of nitrogens with one attached hydrogen (secondary N) is 2. The monoisotopic (exact) mass is 350 g/mol. The fourth-order valence-corrected chi connectivity index (χ4v) is 3.27. The summed E-state index contributed by atoms with van der Waals surface area (Å²) in [7, 11) is 1.67. The summed E-state index contributed by atoms with van der Waals surface area (Å²) in [6.45, 7) is 6.89. The maximum Gasteiger partial charge on any atom is 0.224 e. The molecular weight excluding hydrogens is 324 g/mol. The van der Waals surface area contributed by atoms with Gasteiger partial charge in [-0.05, 0) is 36.2 Å². The van der Waals surface area contributed by atoms with Gasteiger partial charge in [0.2, 0.25) is 5.91 Å². The van der Waals surface area contributed by atoms with Gasteiger partial charge in [0.25, 0.3) is 0 Å². The highest BCUT2D eigenvalue weighted by molar-refractivity contribution is 5.86. The first-order chi connectivity index (χ1) is 12.4. The molecule has 3 aromatic rings. The number of rotatable bonds is 6. The summed E-state index contributed by atoms with van der Waals surface area (Å²) < 4.78 is 5.35. The quantitative estimate of drug-likeness (QED) is 0.702. The van der Waals surface area contributed by atoms with E-state index in [0.29, 0.717) is 13.0 Å². The van der Waals surface area contributed by atoms with Crippen LogP contribution in [-0.4, -0.2) is 24.5 Å². The van der Waals surface area contributed by atoms with E-state index in [9.17, 15) is 4.79 Å². The predicted octanol–water partition coefficient (Wildman–Crippen LogP) is 4.12. The highest BCUT2D eigenvalue weighted by atomic mass is 16.5. The van der Waals surface area contributed by atoms with Crippen molar-refractivity contribution in [1.82, 2.24) is 10.3 Å². The third-order valence-electron chi connectivity index (χ3n) is 4.79. The summed E-state index contributed by atoms with van der Waals surface area (Å²) >= 11 is 0. The van der Waals surface area contributed by atoms with Gasteiger partial charge in [-0.3, -0.25) is 4.79 Å². The predicted molar refractivity (Wildman–Crippen MR) is 106 cm³/mol. The lowest BCUT2D eigenvalue weighted by molar-refractivity contribution is -0.120. The molecule has 0 saturated carbocycles. The summed E-state index contributed by atoms with van der Waals surface area (Å²) in [5.41, 5.74) is 4.25. The first kappa shape index (κ1) is 18.1. The Hall–Kier alpha value is -2.75. The summed E-state index contributed by atoms with van der Waals surface area (Å²) in [6, 6.07) is 14.1. The number of ether oxygens (including phenoxy) is 1. The number of aromatic amines is 1. The first-order valence-electron chi connectivity index (χ1n) is 8.87. The lowest BCUT2D eigenvalue weighted by Crippen LogP contribution is -2.37. The molecule has 0 saturated heterocycles. The van der Waals surface area contributed by atoms with Gasteiger partial charge in [-0.15, -0.1) is 0 Å². The van der Waals surface area contributed by atoms with Crippen LogP contribution in [0.1, 0.15) is 30.5 Å². The molecule has 0 bridgehead atoms. The van der Waals surface area contributed by atoms with E-state index in [4.69, 9.17) is 4.74 Å². The molecular formula is C22H26N2O2. The third kappa shape index (κ3) is 3.90. The molecule has 0 fully saturated rings. The number of methoxy groups -OCH3 is 1. The zero-order chi connectivity index (χ0) is 18.7.